The van der Waals surface area contributed by atoms with Crippen LogP contribution in [0.5, 0.6) is 0 Å². The van der Waals surface area contributed by atoms with Crippen LogP contribution in [0, 0.1) is 10.1 Å². The lowest BCUT2D eigenvalue weighted by atomic mass is 10.2. The molecule has 0 bridgehead atoms. The van der Waals surface area contributed by atoms with Crippen LogP contribution in [0.3, 0.4) is 0 Å². The second-order valence-electron chi connectivity index (χ2n) is 5.32. The van der Waals surface area contributed by atoms with E-state index in [-0.39, 0.29) is 35.3 Å². The Hall–Kier alpha value is -2.20. The predicted molar refractivity (Wildman–Crippen MR) is 90.6 cm³/mol. The van der Waals surface area contributed by atoms with Crippen molar-refractivity contribution in [3.63, 3.8) is 0 Å². The number of carbonyl (C=O) groups is 1. The zero-order chi connectivity index (χ0) is 18.3. The van der Waals surface area contributed by atoms with E-state index in [4.69, 9.17) is 5.73 Å². The lowest BCUT2D eigenvalue weighted by Crippen LogP contribution is -2.42. The molecule has 134 valence electrons. The van der Waals surface area contributed by atoms with Crippen molar-refractivity contribution in [2.75, 3.05) is 24.7 Å². The Kier molecular flexibility index (Phi) is 7.11. The molecule has 1 rings (SSSR count). The molecule has 0 aliphatic carbocycles. The average molecular weight is 358 g/mol. The van der Waals surface area contributed by atoms with Crippen LogP contribution in [0.1, 0.15) is 19.8 Å². The third-order valence-corrected chi connectivity index (χ3v) is 4.38. The Morgan fingerprint density at radius 2 is 2.04 bits per heavy atom. The van der Waals surface area contributed by atoms with E-state index < -0.39 is 20.8 Å². The largest absolute Gasteiger partial charge is 0.378 e. The lowest BCUT2D eigenvalue weighted by molar-refractivity contribution is -0.384. The molecule has 0 spiro atoms. The van der Waals surface area contributed by atoms with Gasteiger partial charge in [-0.25, -0.2) is 8.42 Å². The number of nitrogens with one attached hydrogen (secondary N) is 2. The summed E-state index contributed by atoms with van der Waals surface area (Å²) in [6, 6.07) is 3.06. The maximum atomic E-state index is 11.6. The fraction of sp³-hybridized carbons (Fsp3) is 0.500. The summed E-state index contributed by atoms with van der Waals surface area (Å²) >= 11 is 0. The molecule has 10 heteroatoms. The van der Waals surface area contributed by atoms with E-state index in [1.54, 1.807) is 0 Å². The van der Waals surface area contributed by atoms with Gasteiger partial charge in [0.05, 0.1) is 15.9 Å². The second-order valence-corrected chi connectivity index (χ2v) is 7.34. The van der Waals surface area contributed by atoms with Crippen molar-refractivity contribution < 1.29 is 18.1 Å². The van der Waals surface area contributed by atoms with Crippen LogP contribution in [0.4, 0.5) is 11.4 Å². The highest BCUT2D eigenvalue weighted by Gasteiger charge is 2.18. The van der Waals surface area contributed by atoms with Gasteiger partial charge < -0.3 is 16.4 Å². The van der Waals surface area contributed by atoms with Gasteiger partial charge in [-0.2, -0.15) is 0 Å². The van der Waals surface area contributed by atoms with E-state index in [1.807, 2.05) is 6.92 Å². The Morgan fingerprint density at radius 1 is 1.38 bits per heavy atom. The molecule has 0 aromatic heterocycles. The number of nitrogens with zero attached hydrogens (tertiary/aromatic N) is 1. The van der Waals surface area contributed by atoms with Gasteiger partial charge in [0.1, 0.15) is 5.69 Å². The van der Waals surface area contributed by atoms with E-state index >= 15 is 0 Å². The first-order valence-electron chi connectivity index (χ1n) is 7.42. The molecule has 0 fully saturated rings. The minimum atomic E-state index is -3.53. The fourth-order valence-corrected chi connectivity index (χ4v) is 2.64. The monoisotopic (exact) mass is 358 g/mol. The SMILES string of the molecule is CCCC(N)C(=O)NCCNc1ccc(S(C)(=O)=O)cc1[N+](=O)[O-]. The van der Waals surface area contributed by atoms with Gasteiger partial charge in [-0.15, -0.1) is 0 Å². The Labute approximate surface area is 140 Å². The first-order valence-corrected chi connectivity index (χ1v) is 9.31. The lowest BCUT2D eigenvalue weighted by Gasteiger charge is -2.12. The number of anilines is 1. The fourth-order valence-electron chi connectivity index (χ4n) is 2.00. The molecule has 0 heterocycles. The van der Waals surface area contributed by atoms with Crippen LogP contribution in [0.15, 0.2) is 23.1 Å². The minimum absolute atomic E-state index is 0.126. The first-order chi connectivity index (χ1) is 11.2. The van der Waals surface area contributed by atoms with Crippen LogP contribution >= 0.6 is 0 Å². The van der Waals surface area contributed by atoms with Crippen molar-refractivity contribution in [3.8, 4) is 0 Å². The number of hydrogen-bond donors (Lipinski definition) is 3. The van der Waals surface area contributed by atoms with Crippen LogP contribution in [0.2, 0.25) is 0 Å². The van der Waals surface area contributed by atoms with Crippen LogP contribution < -0.4 is 16.4 Å². The quantitative estimate of drug-likeness (QED) is 0.334. The van der Waals surface area contributed by atoms with Crippen molar-refractivity contribution in [1.82, 2.24) is 5.32 Å². The second kappa shape index (κ2) is 8.60. The minimum Gasteiger partial charge on any atom is -0.378 e. The highest BCUT2D eigenvalue weighted by molar-refractivity contribution is 7.90. The molecule has 24 heavy (non-hydrogen) atoms. The summed E-state index contributed by atoms with van der Waals surface area (Å²) in [4.78, 5) is 21.9. The Balaban J connectivity index is 2.68. The van der Waals surface area contributed by atoms with Gasteiger partial charge in [0.2, 0.25) is 5.91 Å². The van der Waals surface area contributed by atoms with E-state index in [0.29, 0.717) is 6.42 Å². The van der Waals surface area contributed by atoms with Crippen molar-refractivity contribution in [3.05, 3.63) is 28.3 Å². The maximum absolute atomic E-state index is 11.6. The number of hydrogen-bond acceptors (Lipinski definition) is 7. The average Bonchev–Trinajstić information content (AvgIpc) is 2.50. The highest BCUT2D eigenvalue weighted by atomic mass is 32.2. The van der Waals surface area contributed by atoms with Crippen LogP contribution in [-0.2, 0) is 14.6 Å². The number of rotatable bonds is 9. The van der Waals surface area contributed by atoms with Gasteiger partial charge in [-0.1, -0.05) is 13.3 Å². The summed E-state index contributed by atoms with van der Waals surface area (Å²) in [7, 11) is -3.53. The number of benzene rings is 1. The first kappa shape index (κ1) is 19.8. The van der Waals surface area contributed by atoms with Gasteiger partial charge in [0, 0.05) is 25.4 Å². The van der Waals surface area contributed by atoms with Crippen molar-refractivity contribution in [2.24, 2.45) is 5.73 Å². The number of nitro benzene ring substituents is 1. The molecule has 4 N–H and O–H groups in total. The number of nitrogens with two attached hydrogens (primary N) is 1. The highest BCUT2D eigenvalue weighted by Crippen LogP contribution is 2.27. The van der Waals surface area contributed by atoms with Gasteiger partial charge >= 0.3 is 0 Å². The normalized spacial score (nSPS) is 12.5. The van der Waals surface area contributed by atoms with E-state index in [1.165, 1.54) is 12.1 Å². The van der Waals surface area contributed by atoms with Crippen molar-refractivity contribution in [1.29, 1.82) is 0 Å². The van der Waals surface area contributed by atoms with E-state index in [0.717, 1.165) is 18.7 Å². The molecule has 0 saturated heterocycles. The number of carbonyl (C=O) groups excluding carboxylic acids is 1. The maximum Gasteiger partial charge on any atom is 0.293 e. The molecule has 1 aromatic carbocycles. The summed E-state index contributed by atoms with van der Waals surface area (Å²) in [5.41, 5.74) is 5.50. The number of sulfone groups is 1. The van der Waals surface area contributed by atoms with Gasteiger partial charge in [-0.05, 0) is 18.6 Å². The molecule has 9 nitrogen and oxygen atoms in total. The smallest absolute Gasteiger partial charge is 0.293 e. The summed E-state index contributed by atoms with van der Waals surface area (Å²) in [5, 5.41) is 16.5. The molecular weight excluding hydrogens is 336 g/mol. The van der Waals surface area contributed by atoms with Gasteiger partial charge in [-0.3, -0.25) is 14.9 Å². The van der Waals surface area contributed by atoms with Crippen LogP contribution in [-0.4, -0.2) is 44.6 Å². The molecule has 1 unspecified atom stereocenters. The summed E-state index contributed by atoms with van der Waals surface area (Å²) in [6.45, 7) is 2.40. The van der Waals surface area contributed by atoms with Gasteiger partial charge in [0.15, 0.2) is 9.84 Å². The third-order valence-electron chi connectivity index (χ3n) is 3.27. The molecule has 1 aromatic rings. The number of amides is 1. The zero-order valence-electron chi connectivity index (χ0n) is 13.6. The van der Waals surface area contributed by atoms with Gasteiger partial charge in [0.25, 0.3) is 5.69 Å². The molecule has 1 amide bonds. The Morgan fingerprint density at radius 3 is 2.58 bits per heavy atom. The van der Waals surface area contributed by atoms with Crippen molar-refractivity contribution in [2.45, 2.75) is 30.7 Å². The molecule has 0 aliphatic rings. The van der Waals surface area contributed by atoms with Crippen molar-refractivity contribution >= 4 is 27.1 Å². The predicted octanol–water partition coefficient (Wildman–Crippen LogP) is 0.654. The molecular formula is C14H22N4O5S. The third kappa shape index (κ3) is 5.78. The molecule has 0 saturated carbocycles. The molecule has 1 atom stereocenters. The zero-order valence-corrected chi connectivity index (χ0v) is 14.4. The molecule has 0 aliphatic heterocycles. The van der Waals surface area contributed by atoms with Crippen LogP contribution in [0.25, 0.3) is 0 Å². The topological polar surface area (TPSA) is 144 Å². The Bertz CT molecular complexity index is 705. The summed E-state index contributed by atoms with van der Waals surface area (Å²) in [6.07, 6.45) is 2.36. The summed E-state index contributed by atoms with van der Waals surface area (Å²) in [5.74, 6) is -0.277. The summed E-state index contributed by atoms with van der Waals surface area (Å²) < 4.78 is 22.9. The van der Waals surface area contributed by atoms with E-state index in [9.17, 15) is 23.3 Å². The molecule has 0 radical (unpaired) electrons. The number of nitro groups is 1. The van der Waals surface area contributed by atoms with E-state index in [2.05, 4.69) is 10.6 Å². The standard InChI is InChI=1S/C14H22N4O5S/c1-3-4-11(15)14(19)17-8-7-16-12-6-5-10(24(2,22)23)9-13(12)18(20)21/h5-6,9,11,16H,3-4,7-8,15H2,1-2H3,(H,17,19).